The second-order valence-electron chi connectivity index (χ2n) is 3.75. The number of carbonyl (C=O) groups is 1. The van der Waals surface area contributed by atoms with Crippen LogP contribution in [-0.2, 0) is 9.53 Å². The molecule has 13 heavy (non-hydrogen) atoms. The zero-order valence-corrected chi connectivity index (χ0v) is 8.58. The molecule has 0 aliphatic carbocycles. The Hall–Kier alpha value is -0.410. The molecule has 1 saturated heterocycles. The lowest BCUT2D eigenvalue weighted by Gasteiger charge is -2.14. The van der Waals surface area contributed by atoms with E-state index in [9.17, 15) is 4.79 Å². The molecule has 76 valence electrons. The number of methoxy groups -OCH3 is 1. The molecule has 1 heterocycles. The molecule has 0 spiro atoms. The molecule has 1 fully saturated rings. The number of ether oxygens (including phenoxy) is 1. The molecule has 0 amide bonds. The molecule has 0 aromatic rings. The van der Waals surface area contributed by atoms with E-state index in [1.807, 2.05) is 0 Å². The molecule has 1 aliphatic rings. The van der Waals surface area contributed by atoms with Gasteiger partial charge in [-0.15, -0.1) is 0 Å². The maximum absolute atomic E-state index is 10.7. The molecule has 3 heteroatoms. The quantitative estimate of drug-likeness (QED) is 0.642. The van der Waals surface area contributed by atoms with Crippen molar-refractivity contribution in [1.29, 1.82) is 0 Å². The van der Waals surface area contributed by atoms with Crippen molar-refractivity contribution in [1.82, 2.24) is 4.90 Å². The molecule has 0 radical (unpaired) electrons. The molecule has 0 saturated carbocycles. The van der Waals surface area contributed by atoms with E-state index in [0.29, 0.717) is 18.3 Å². The summed E-state index contributed by atoms with van der Waals surface area (Å²) in [6.45, 7) is 4.85. The molecule has 0 bridgehead atoms. The van der Waals surface area contributed by atoms with E-state index in [0.717, 1.165) is 32.5 Å². The van der Waals surface area contributed by atoms with Crippen molar-refractivity contribution < 1.29 is 9.53 Å². The standard InChI is InChI=1S/C10H19NO2/c1-9(12)4-3-6-11-7-5-10(8-11)13-2/h10H,3-8H2,1-2H3. The highest BCUT2D eigenvalue weighted by molar-refractivity contribution is 5.75. The van der Waals surface area contributed by atoms with Gasteiger partial charge in [-0.2, -0.15) is 0 Å². The monoisotopic (exact) mass is 185 g/mol. The SMILES string of the molecule is COC1CCN(CCCC(C)=O)C1. The fourth-order valence-corrected chi connectivity index (χ4v) is 1.74. The van der Waals surface area contributed by atoms with Crippen LogP contribution in [-0.4, -0.2) is 43.5 Å². The van der Waals surface area contributed by atoms with Gasteiger partial charge < -0.3 is 14.4 Å². The molecular formula is C10H19NO2. The Kier molecular flexibility index (Phi) is 4.39. The number of ketones is 1. The maximum Gasteiger partial charge on any atom is 0.129 e. The van der Waals surface area contributed by atoms with Gasteiger partial charge in [0.15, 0.2) is 0 Å². The first-order valence-corrected chi connectivity index (χ1v) is 4.97. The summed E-state index contributed by atoms with van der Waals surface area (Å²) in [5.74, 6) is 0.294. The number of hydrogen-bond donors (Lipinski definition) is 0. The van der Waals surface area contributed by atoms with Gasteiger partial charge >= 0.3 is 0 Å². The third kappa shape index (κ3) is 3.87. The number of nitrogens with zero attached hydrogens (tertiary/aromatic N) is 1. The van der Waals surface area contributed by atoms with Crippen LogP contribution in [0.2, 0.25) is 0 Å². The average molecular weight is 185 g/mol. The zero-order valence-electron chi connectivity index (χ0n) is 8.58. The van der Waals surface area contributed by atoms with Crippen LogP contribution in [0.5, 0.6) is 0 Å². The van der Waals surface area contributed by atoms with E-state index in [1.165, 1.54) is 0 Å². The number of Topliss-reactive ketones (excluding diaryl/α,β-unsaturated/α-hetero) is 1. The smallest absolute Gasteiger partial charge is 0.129 e. The van der Waals surface area contributed by atoms with Gasteiger partial charge in [-0.05, 0) is 26.3 Å². The molecule has 0 N–H and O–H groups in total. The summed E-state index contributed by atoms with van der Waals surface area (Å²) in [5.41, 5.74) is 0. The Morgan fingerprint density at radius 1 is 1.62 bits per heavy atom. The van der Waals surface area contributed by atoms with Crippen LogP contribution in [0.15, 0.2) is 0 Å². The summed E-state index contributed by atoms with van der Waals surface area (Å²) in [4.78, 5) is 13.1. The Labute approximate surface area is 80.1 Å². The predicted molar refractivity (Wildman–Crippen MR) is 51.8 cm³/mol. The van der Waals surface area contributed by atoms with Crippen molar-refractivity contribution >= 4 is 5.78 Å². The van der Waals surface area contributed by atoms with Crippen LogP contribution in [0, 0.1) is 0 Å². The van der Waals surface area contributed by atoms with Crippen LogP contribution < -0.4 is 0 Å². The summed E-state index contributed by atoms with van der Waals surface area (Å²) >= 11 is 0. The van der Waals surface area contributed by atoms with Gasteiger partial charge in [0, 0.05) is 26.6 Å². The number of rotatable bonds is 5. The minimum absolute atomic E-state index is 0.294. The van der Waals surface area contributed by atoms with Crippen molar-refractivity contribution in [2.45, 2.75) is 32.3 Å². The molecule has 3 nitrogen and oxygen atoms in total. The van der Waals surface area contributed by atoms with E-state index in [4.69, 9.17) is 4.74 Å². The Morgan fingerprint density at radius 3 is 2.92 bits per heavy atom. The van der Waals surface area contributed by atoms with Crippen LogP contribution >= 0.6 is 0 Å². The number of carbonyl (C=O) groups excluding carboxylic acids is 1. The van der Waals surface area contributed by atoms with E-state index in [-0.39, 0.29) is 0 Å². The Bertz CT molecular complexity index is 170. The van der Waals surface area contributed by atoms with Gasteiger partial charge in [0.05, 0.1) is 6.10 Å². The van der Waals surface area contributed by atoms with Crippen LogP contribution in [0.1, 0.15) is 26.2 Å². The minimum atomic E-state index is 0.294. The van der Waals surface area contributed by atoms with E-state index in [2.05, 4.69) is 4.90 Å². The average Bonchev–Trinajstić information content (AvgIpc) is 2.52. The van der Waals surface area contributed by atoms with Gasteiger partial charge in [0.1, 0.15) is 5.78 Å². The molecule has 1 atom stereocenters. The van der Waals surface area contributed by atoms with Crippen molar-refractivity contribution in [3.8, 4) is 0 Å². The summed E-state index contributed by atoms with van der Waals surface area (Å²) in [7, 11) is 1.77. The number of likely N-dealkylation sites (tertiary alicyclic amines) is 1. The Balaban J connectivity index is 2.07. The number of hydrogen-bond acceptors (Lipinski definition) is 3. The van der Waals surface area contributed by atoms with Crippen LogP contribution in [0.25, 0.3) is 0 Å². The largest absolute Gasteiger partial charge is 0.380 e. The summed E-state index contributed by atoms with van der Waals surface area (Å²) in [5, 5.41) is 0. The first-order valence-electron chi connectivity index (χ1n) is 4.97. The van der Waals surface area contributed by atoms with Crippen molar-refractivity contribution in [2.75, 3.05) is 26.7 Å². The fraction of sp³-hybridized carbons (Fsp3) is 0.900. The predicted octanol–water partition coefficient (Wildman–Crippen LogP) is 1.08. The second kappa shape index (κ2) is 5.35. The zero-order chi connectivity index (χ0) is 9.68. The maximum atomic E-state index is 10.7. The first kappa shape index (κ1) is 10.7. The molecule has 1 unspecified atom stereocenters. The van der Waals surface area contributed by atoms with Crippen molar-refractivity contribution in [3.63, 3.8) is 0 Å². The molecule has 1 aliphatic heterocycles. The van der Waals surface area contributed by atoms with Crippen molar-refractivity contribution in [2.24, 2.45) is 0 Å². The summed E-state index contributed by atoms with van der Waals surface area (Å²) < 4.78 is 5.26. The van der Waals surface area contributed by atoms with Gasteiger partial charge in [-0.1, -0.05) is 0 Å². The second-order valence-corrected chi connectivity index (χ2v) is 3.75. The van der Waals surface area contributed by atoms with E-state index >= 15 is 0 Å². The normalized spacial score (nSPS) is 23.7. The lowest BCUT2D eigenvalue weighted by atomic mass is 10.2. The fourth-order valence-electron chi connectivity index (χ4n) is 1.74. The highest BCUT2D eigenvalue weighted by Gasteiger charge is 2.20. The molecule has 1 rings (SSSR count). The lowest BCUT2D eigenvalue weighted by molar-refractivity contribution is -0.117. The first-order chi connectivity index (χ1) is 6.22. The van der Waals surface area contributed by atoms with Gasteiger partial charge in [0.2, 0.25) is 0 Å². The highest BCUT2D eigenvalue weighted by Crippen LogP contribution is 2.12. The van der Waals surface area contributed by atoms with Gasteiger partial charge in [0.25, 0.3) is 0 Å². The third-order valence-electron chi connectivity index (χ3n) is 2.57. The summed E-state index contributed by atoms with van der Waals surface area (Å²) in [6.07, 6.45) is 3.26. The molecule has 0 aromatic heterocycles. The van der Waals surface area contributed by atoms with E-state index < -0.39 is 0 Å². The van der Waals surface area contributed by atoms with Crippen LogP contribution in [0.3, 0.4) is 0 Å². The van der Waals surface area contributed by atoms with Gasteiger partial charge in [-0.25, -0.2) is 0 Å². The third-order valence-corrected chi connectivity index (χ3v) is 2.57. The van der Waals surface area contributed by atoms with Gasteiger partial charge in [-0.3, -0.25) is 0 Å². The molecule has 0 aromatic carbocycles. The Morgan fingerprint density at radius 2 is 2.38 bits per heavy atom. The lowest BCUT2D eigenvalue weighted by Crippen LogP contribution is -2.24. The van der Waals surface area contributed by atoms with Crippen LogP contribution in [0.4, 0.5) is 0 Å². The minimum Gasteiger partial charge on any atom is -0.380 e. The molecular weight excluding hydrogens is 166 g/mol. The van der Waals surface area contributed by atoms with E-state index in [1.54, 1.807) is 14.0 Å². The topological polar surface area (TPSA) is 29.5 Å². The van der Waals surface area contributed by atoms with Crippen molar-refractivity contribution in [3.05, 3.63) is 0 Å². The highest BCUT2D eigenvalue weighted by atomic mass is 16.5. The summed E-state index contributed by atoms with van der Waals surface area (Å²) in [6, 6.07) is 0.